The third-order valence-corrected chi connectivity index (χ3v) is 2.76. The van der Waals surface area contributed by atoms with E-state index in [-0.39, 0.29) is 5.78 Å². The maximum atomic E-state index is 10.9. The number of Topliss-reactive ketones (excluding diaryl/α,β-unsaturated/α-hetero) is 1. The highest BCUT2D eigenvalue weighted by Gasteiger charge is 2.02. The van der Waals surface area contributed by atoms with Crippen molar-refractivity contribution in [1.82, 2.24) is 4.90 Å². The van der Waals surface area contributed by atoms with Crippen LogP contribution >= 0.6 is 0 Å². The van der Waals surface area contributed by atoms with Gasteiger partial charge in [-0.1, -0.05) is 12.1 Å². The summed E-state index contributed by atoms with van der Waals surface area (Å²) in [5.41, 5.74) is 1.26. The van der Waals surface area contributed by atoms with Gasteiger partial charge in [0.05, 0.1) is 7.11 Å². The van der Waals surface area contributed by atoms with E-state index in [2.05, 4.69) is 17.0 Å². The quantitative estimate of drug-likeness (QED) is 0.725. The van der Waals surface area contributed by atoms with E-state index in [0.29, 0.717) is 6.42 Å². The SMILES string of the molecule is COc1cccc(CCN(C)CCC(C)=O)c1. The molecule has 0 saturated carbocycles. The first-order valence-electron chi connectivity index (χ1n) is 5.92. The third kappa shape index (κ3) is 5.50. The standard InChI is InChI=1S/C14H21NO2/c1-12(16)7-9-15(2)10-8-13-5-4-6-14(11-13)17-3/h4-6,11H,7-10H2,1-3H3. The van der Waals surface area contributed by atoms with Crippen molar-refractivity contribution in [2.75, 3.05) is 27.2 Å². The second-order valence-corrected chi connectivity index (χ2v) is 4.36. The first-order chi connectivity index (χ1) is 8.11. The van der Waals surface area contributed by atoms with Crippen LogP contribution in [0.2, 0.25) is 0 Å². The minimum absolute atomic E-state index is 0.248. The summed E-state index contributed by atoms with van der Waals surface area (Å²) in [6.45, 7) is 3.43. The van der Waals surface area contributed by atoms with Crippen LogP contribution in [0.15, 0.2) is 24.3 Å². The molecule has 0 aliphatic rings. The van der Waals surface area contributed by atoms with Crippen molar-refractivity contribution in [3.05, 3.63) is 29.8 Å². The van der Waals surface area contributed by atoms with Crippen LogP contribution in [0.25, 0.3) is 0 Å². The minimum Gasteiger partial charge on any atom is -0.497 e. The Kier molecular flexibility index (Phi) is 5.70. The van der Waals surface area contributed by atoms with Crippen LogP contribution in [-0.2, 0) is 11.2 Å². The van der Waals surface area contributed by atoms with E-state index >= 15 is 0 Å². The van der Waals surface area contributed by atoms with Gasteiger partial charge in [-0.15, -0.1) is 0 Å². The van der Waals surface area contributed by atoms with Gasteiger partial charge >= 0.3 is 0 Å². The Balaban J connectivity index is 2.36. The summed E-state index contributed by atoms with van der Waals surface area (Å²) in [6, 6.07) is 8.10. The van der Waals surface area contributed by atoms with Crippen molar-refractivity contribution in [2.45, 2.75) is 19.8 Å². The molecule has 0 spiro atoms. The fourth-order valence-corrected chi connectivity index (χ4v) is 1.61. The molecule has 0 N–H and O–H groups in total. The molecule has 0 atom stereocenters. The zero-order valence-electron chi connectivity index (χ0n) is 10.9. The molecule has 1 aromatic carbocycles. The number of hydrogen-bond acceptors (Lipinski definition) is 3. The number of likely N-dealkylation sites (N-methyl/N-ethyl adjacent to an activating group) is 1. The average Bonchev–Trinajstić information content (AvgIpc) is 2.34. The van der Waals surface area contributed by atoms with Crippen LogP contribution in [0.3, 0.4) is 0 Å². The zero-order chi connectivity index (χ0) is 12.7. The number of carbonyl (C=O) groups is 1. The highest BCUT2D eigenvalue weighted by atomic mass is 16.5. The van der Waals surface area contributed by atoms with Gasteiger partial charge in [-0.25, -0.2) is 0 Å². The Labute approximate surface area is 103 Å². The van der Waals surface area contributed by atoms with Crippen LogP contribution < -0.4 is 4.74 Å². The maximum absolute atomic E-state index is 10.9. The van der Waals surface area contributed by atoms with Gasteiger partial charge in [-0.2, -0.15) is 0 Å². The largest absolute Gasteiger partial charge is 0.497 e. The monoisotopic (exact) mass is 235 g/mol. The average molecular weight is 235 g/mol. The number of ether oxygens (including phenoxy) is 1. The molecule has 0 saturated heterocycles. The van der Waals surface area contributed by atoms with Gasteiger partial charge in [0.1, 0.15) is 11.5 Å². The first kappa shape index (κ1) is 13.7. The zero-order valence-corrected chi connectivity index (χ0v) is 10.9. The maximum Gasteiger partial charge on any atom is 0.131 e. The van der Waals surface area contributed by atoms with E-state index in [1.807, 2.05) is 19.2 Å². The van der Waals surface area contributed by atoms with E-state index in [1.54, 1.807) is 14.0 Å². The van der Waals surface area contributed by atoms with E-state index in [0.717, 1.165) is 25.3 Å². The second kappa shape index (κ2) is 7.07. The topological polar surface area (TPSA) is 29.5 Å². The van der Waals surface area contributed by atoms with Gasteiger partial charge < -0.3 is 9.64 Å². The van der Waals surface area contributed by atoms with Crippen molar-refractivity contribution in [3.8, 4) is 5.75 Å². The van der Waals surface area contributed by atoms with E-state index in [1.165, 1.54) is 5.56 Å². The Hall–Kier alpha value is -1.35. The molecule has 0 unspecified atom stereocenters. The molecular weight excluding hydrogens is 214 g/mol. The molecule has 0 amide bonds. The highest BCUT2D eigenvalue weighted by Crippen LogP contribution is 2.13. The van der Waals surface area contributed by atoms with Crippen LogP contribution in [0.5, 0.6) is 5.75 Å². The third-order valence-electron chi connectivity index (χ3n) is 2.76. The predicted octanol–water partition coefficient (Wildman–Crippen LogP) is 2.15. The fourth-order valence-electron chi connectivity index (χ4n) is 1.61. The molecule has 1 rings (SSSR count). The van der Waals surface area contributed by atoms with E-state index in [4.69, 9.17) is 4.74 Å². The Morgan fingerprint density at radius 3 is 2.76 bits per heavy atom. The molecule has 17 heavy (non-hydrogen) atoms. The van der Waals surface area contributed by atoms with Gasteiger partial charge in [-0.05, 0) is 38.1 Å². The number of carbonyl (C=O) groups excluding carboxylic acids is 1. The lowest BCUT2D eigenvalue weighted by atomic mass is 10.1. The smallest absolute Gasteiger partial charge is 0.131 e. The van der Waals surface area contributed by atoms with Crippen molar-refractivity contribution in [3.63, 3.8) is 0 Å². The van der Waals surface area contributed by atoms with Crippen molar-refractivity contribution in [1.29, 1.82) is 0 Å². The summed E-state index contributed by atoms with van der Waals surface area (Å²) < 4.78 is 5.18. The Bertz CT molecular complexity index is 363. The van der Waals surface area contributed by atoms with Crippen LogP contribution in [-0.4, -0.2) is 37.9 Å². The number of ketones is 1. The lowest BCUT2D eigenvalue weighted by Gasteiger charge is -2.15. The summed E-state index contributed by atoms with van der Waals surface area (Å²) in [7, 11) is 3.72. The first-order valence-corrected chi connectivity index (χ1v) is 5.92. The van der Waals surface area contributed by atoms with Crippen LogP contribution in [0.1, 0.15) is 18.9 Å². The van der Waals surface area contributed by atoms with Gasteiger partial charge in [0, 0.05) is 19.5 Å². The van der Waals surface area contributed by atoms with Crippen LogP contribution in [0.4, 0.5) is 0 Å². The number of methoxy groups -OCH3 is 1. The van der Waals surface area contributed by atoms with E-state index < -0.39 is 0 Å². The predicted molar refractivity (Wildman–Crippen MR) is 69.5 cm³/mol. The molecule has 0 radical (unpaired) electrons. The summed E-state index contributed by atoms with van der Waals surface area (Å²) in [4.78, 5) is 13.0. The van der Waals surface area contributed by atoms with Crippen molar-refractivity contribution >= 4 is 5.78 Å². The minimum atomic E-state index is 0.248. The lowest BCUT2D eigenvalue weighted by molar-refractivity contribution is -0.117. The molecule has 0 aromatic heterocycles. The summed E-state index contributed by atoms with van der Waals surface area (Å²) in [5, 5.41) is 0. The van der Waals surface area contributed by atoms with Crippen molar-refractivity contribution in [2.24, 2.45) is 0 Å². The van der Waals surface area contributed by atoms with Gasteiger partial charge in [0.15, 0.2) is 0 Å². The van der Waals surface area contributed by atoms with Gasteiger partial charge in [0.25, 0.3) is 0 Å². The molecule has 0 fully saturated rings. The molecule has 3 nitrogen and oxygen atoms in total. The number of hydrogen-bond donors (Lipinski definition) is 0. The van der Waals surface area contributed by atoms with E-state index in [9.17, 15) is 4.79 Å². The molecule has 1 aromatic rings. The number of nitrogens with zero attached hydrogens (tertiary/aromatic N) is 1. The Morgan fingerprint density at radius 2 is 2.12 bits per heavy atom. The molecule has 0 aliphatic carbocycles. The molecule has 0 aliphatic heterocycles. The Morgan fingerprint density at radius 1 is 1.35 bits per heavy atom. The van der Waals surface area contributed by atoms with Gasteiger partial charge in [0.2, 0.25) is 0 Å². The van der Waals surface area contributed by atoms with Crippen molar-refractivity contribution < 1.29 is 9.53 Å². The molecular formula is C14H21NO2. The lowest BCUT2D eigenvalue weighted by Crippen LogP contribution is -2.23. The fraction of sp³-hybridized carbons (Fsp3) is 0.500. The van der Waals surface area contributed by atoms with Crippen LogP contribution in [0, 0.1) is 0 Å². The molecule has 0 bridgehead atoms. The summed E-state index contributed by atoms with van der Waals surface area (Å²) >= 11 is 0. The summed E-state index contributed by atoms with van der Waals surface area (Å²) in [5.74, 6) is 1.15. The number of benzene rings is 1. The van der Waals surface area contributed by atoms with Gasteiger partial charge in [-0.3, -0.25) is 4.79 Å². The molecule has 94 valence electrons. The normalized spacial score (nSPS) is 10.6. The second-order valence-electron chi connectivity index (χ2n) is 4.36. The number of rotatable bonds is 7. The molecule has 3 heteroatoms. The highest BCUT2D eigenvalue weighted by molar-refractivity contribution is 5.75. The summed E-state index contributed by atoms with van der Waals surface area (Å²) in [6.07, 6.45) is 1.61. The molecule has 0 heterocycles.